The van der Waals surface area contributed by atoms with Crippen LogP contribution in [0.1, 0.15) is 6.23 Å². The van der Waals surface area contributed by atoms with Gasteiger partial charge < -0.3 is 35.6 Å². The average Bonchev–Trinajstić information content (AvgIpc) is 2.80. The molecule has 1 saturated heterocycles. The number of aliphatic hydroxyl groups is 2. The maximum atomic E-state index is 11.8. The lowest BCUT2D eigenvalue weighted by Gasteiger charge is -2.18. The van der Waals surface area contributed by atoms with Crippen LogP contribution in [0.5, 0.6) is 0 Å². The minimum absolute atomic E-state index is 0.102. The minimum atomic E-state index is -5.49. The van der Waals surface area contributed by atoms with Crippen molar-refractivity contribution in [2.75, 3.05) is 12.3 Å². The summed E-state index contributed by atoms with van der Waals surface area (Å²) in [6.07, 6.45) is -5.19. The van der Waals surface area contributed by atoms with Gasteiger partial charge in [-0.05, 0) is 6.07 Å². The van der Waals surface area contributed by atoms with Gasteiger partial charge in [0.1, 0.15) is 24.1 Å². The lowest BCUT2D eigenvalue weighted by Crippen LogP contribution is -2.36. The van der Waals surface area contributed by atoms with Crippen LogP contribution in [0.2, 0.25) is 0 Å². The van der Waals surface area contributed by atoms with Crippen LogP contribution in [0.4, 0.5) is 10.6 Å². The predicted octanol–water partition coefficient (Wildman–Crippen LogP) is -1.56. The molecule has 7 N–H and O–H groups in total. The highest BCUT2D eigenvalue weighted by atomic mass is 31.3. The predicted molar refractivity (Wildman–Crippen MR) is 83.5 cm³/mol. The SMILES string of the molecule is Nc1ccn([C@@H]2O[C@H](COP(=O)(O)OP(=O)(O)C(=O)O)[C@@H](O)[C@H]2O)c(=O)n1. The first kappa shape index (κ1) is 21.6. The maximum absolute atomic E-state index is 11.8. The number of hydrogen-bond donors (Lipinski definition) is 6. The standard InChI is InChI=1S/C10H15N3O12P2/c11-5-1-2-13(9(16)12-5)8-7(15)6(14)4(24-8)3-23-27(21,22)25-26(19,20)10(17)18/h1-2,4,6-8,14-15H,3H2,(H,17,18)(H,19,20)(H,21,22)(H2,11,12,16)/t4-,6-,7-,8-/m1/s1. The van der Waals surface area contributed by atoms with E-state index in [9.17, 15) is 33.8 Å². The number of hydrogen-bond acceptors (Lipinski definition) is 11. The summed E-state index contributed by atoms with van der Waals surface area (Å²) in [5.41, 5.74) is 2.03. The number of aliphatic hydroxyl groups excluding tert-OH is 2. The Morgan fingerprint density at radius 1 is 1.33 bits per heavy atom. The first-order valence-electron chi connectivity index (χ1n) is 6.95. The first-order chi connectivity index (χ1) is 12.3. The number of anilines is 1. The fourth-order valence-electron chi connectivity index (χ4n) is 2.08. The van der Waals surface area contributed by atoms with Gasteiger partial charge in [0, 0.05) is 6.20 Å². The van der Waals surface area contributed by atoms with Crippen molar-refractivity contribution in [3.8, 4) is 0 Å². The van der Waals surface area contributed by atoms with Crippen molar-refractivity contribution in [1.82, 2.24) is 9.55 Å². The van der Waals surface area contributed by atoms with Crippen molar-refractivity contribution >= 4 is 26.9 Å². The zero-order valence-electron chi connectivity index (χ0n) is 13.1. The smallest absolute Gasteiger partial charge is 0.472 e. The van der Waals surface area contributed by atoms with E-state index in [0.29, 0.717) is 0 Å². The highest BCUT2D eigenvalue weighted by Gasteiger charge is 2.46. The van der Waals surface area contributed by atoms with Gasteiger partial charge in [-0.1, -0.05) is 0 Å². The van der Waals surface area contributed by atoms with Crippen LogP contribution in [-0.2, 0) is 22.7 Å². The second-order valence-electron chi connectivity index (χ2n) is 5.24. The molecule has 152 valence electrons. The summed E-state index contributed by atoms with van der Waals surface area (Å²) in [6.45, 7) is -0.959. The summed E-state index contributed by atoms with van der Waals surface area (Å²) in [4.78, 5) is 43.8. The Morgan fingerprint density at radius 2 is 1.96 bits per heavy atom. The van der Waals surface area contributed by atoms with Crippen LogP contribution in [-0.4, -0.2) is 65.3 Å². The highest BCUT2D eigenvalue weighted by Crippen LogP contribution is 2.60. The van der Waals surface area contributed by atoms with Crippen molar-refractivity contribution in [1.29, 1.82) is 0 Å². The first-order valence-corrected chi connectivity index (χ1v) is 10.0. The van der Waals surface area contributed by atoms with Crippen LogP contribution in [0.25, 0.3) is 0 Å². The fourth-order valence-corrected chi connectivity index (χ4v) is 4.00. The molecule has 0 spiro atoms. The van der Waals surface area contributed by atoms with E-state index in [-0.39, 0.29) is 5.82 Å². The number of nitrogens with two attached hydrogens (primary N) is 1. The van der Waals surface area contributed by atoms with E-state index in [0.717, 1.165) is 10.8 Å². The van der Waals surface area contributed by atoms with Crippen LogP contribution >= 0.6 is 15.4 Å². The number of nitrogens with zero attached hydrogens (tertiary/aromatic N) is 2. The molecular formula is C10H15N3O12P2. The van der Waals surface area contributed by atoms with Gasteiger partial charge in [-0.25, -0.2) is 18.7 Å². The van der Waals surface area contributed by atoms with E-state index in [1.54, 1.807) is 0 Å². The molecule has 15 nitrogen and oxygen atoms in total. The Kier molecular flexibility index (Phi) is 6.21. The van der Waals surface area contributed by atoms with Gasteiger partial charge in [-0.15, -0.1) is 0 Å². The highest BCUT2D eigenvalue weighted by molar-refractivity contribution is 7.75. The summed E-state index contributed by atoms with van der Waals surface area (Å²) in [6, 6.07) is 1.22. The monoisotopic (exact) mass is 431 g/mol. The van der Waals surface area contributed by atoms with E-state index in [4.69, 9.17) is 20.5 Å². The number of ether oxygens (including phenoxy) is 1. The number of nitrogen functional groups attached to an aromatic ring is 1. The molecule has 0 amide bonds. The molecule has 0 radical (unpaired) electrons. The Balaban J connectivity index is 2.08. The van der Waals surface area contributed by atoms with E-state index in [1.807, 2.05) is 0 Å². The second kappa shape index (κ2) is 7.75. The van der Waals surface area contributed by atoms with Crippen LogP contribution in [0, 0.1) is 0 Å². The quantitative estimate of drug-likeness (QED) is 0.268. The molecular weight excluding hydrogens is 416 g/mol. The van der Waals surface area contributed by atoms with E-state index in [1.165, 1.54) is 6.07 Å². The maximum Gasteiger partial charge on any atom is 0.479 e. The molecule has 0 aromatic carbocycles. The van der Waals surface area contributed by atoms with E-state index in [2.05, 4.69) is 13.8 Å². The van der Waals surface area contributed by atoms with Crippen molar-refractivity contribution in [3.63, 3.8) is 0 Å². The Bertz CT molecular complexity index is 873. The molecule has 0 saturated carbocycles. The lowest BCUT2D eigenvalue weighted by molar-refractivity contribution is -0.0540. The summed E-state index contributed by atoms with van der Waals surface area (Å²) in [5.74, 6) is -0.102. The van der Waals surface area contributed by atoms with Crippen molar-refractivity contribution in [3.05, 3.63) is 22.7 Å². The Labute approximate surface area is 149 Å². The molecule has 1 aliphatic rings. The van der Waals surface area contributed by atoms with Gasteiger partial charge in [0.25, 0.3) is 0 Å². The molecule has 1 fully saturated rings. The molecule has 27 heavy (non-hydrogen) atoms. The summed E-state index contributed by atoms with van der Waals surface area (Å²) >= 11 is 0. The minimum Gasteiger partial charge on any atom is -0.472 e. The number of carboxylic acid groups (broad SMARTS) is 1. The number of carbonyl (C=O) groups is 1. The van der Waals surface area contributed by atoms with Gasteiger partial charge in [0.15, 0.2) is 6.23 Å². The molecule has 2 rings (SSSR count). The van der Waals surface area contributed by atoms with Crippen molar-refractivity contribution < 1.29 is 52.6 Å². The topological polar surface area (TPSA) is 241 Å². The van der Waals surface area contributed by atoms with E-state index >= 15 is 0 Å². The zero-order chi connectivity index (χ0) is 20.6. The zero-order valence-corrected chi connectivity index (χ0v) is 14.9. The largest absolute Gasteiger partial charge is 0.479 e. The van der Waals surface area contributed by atoms with E-state index < -0.39 is 58.0 Å². The average molecular weight is 431 g/mol. The van der Waals surface area contributed by atoms with Gasteiger partial charge in [-0.3, -0.25) is 9.09 Å². The number of phosphoric ester groups is 1. The van der Waals surface area contributed by atoms with Crippen molar-refractivity contribution in [2.24, 2.45) is 0 Å². The van der Waals surface area contributed by atoms with Gasteiger partial charge in [0.05, 0.1) is 6.61 Å². The normalized spacial score (nSPS) is 29.8. The van der Waals surface area contributed by atoms with Crippen molar-refractivity contribution in [2.45, 2.75) is 24.5 Å². The molecule has 1 aromatic heterocycles. The lowest BCUT2D eigenvalue weighted by atomic mass is 10.1. The third kappa shape index (κ3) is 4.99. The van der Waals surface area contributed by atoms with Crippen LogP contribution in [0.3, 0.4) is 0 Å². The molecule has 2 heterocycles. The van der Waals surface area contributed by atoms with Crippen LogP contribution in [0.15, 0.2) is 17.1 Å². The molecule has 6 atom stereocenters. The number of aromatic nitrogens is 2. The third-order valence-electron chi connectivity index (χ3n) is 3.32. The third-order valence-corrected chi connectivity index (χ3v) is 5.99. The Hall–Kier alpha value is -1.67. The number of rotatable bonds is 7. The molecule has 0 bridgehead atoms. The summed E-state index contributed by atoms with van der Waals surface area (Å²) in [5, 5.41) is 28.3. The summed E-state index contributed by atoms with van der Waals surface area (Å²) in [7, 11) is -10.8. The number of phosphoric acid groups is 1. The van der Waals surface area contributed by atoms with Gasteiger partial charge >= 0.3 is 26.8 Å². The second-order valence-corrected chi connectivity index (χ2v) is 8.51. The summed E-state index contributed by atoms with van der Waals surface area (Å²) < 4.78 is 36.6. The molecule has 1 aliphatic heterocycles. The molecule has 1 aromatic rings. The molecule has 17 heteroatoms. The van der Waals surface area contributed by atoms with Crippen LogP contribution < -0.4 is 11.4 Å². The van der Waals surface area contributed by atoms with Gasteiger partial charge in [-0.2, -0.15) is 9.29 Å². The van der Waals surface area contributed by atoms with Gasteiger partial charge in [0.2, 0.25) is 0 Å². The molecule has 0 aliphatic carbocycles. The Morgan fingerprint density at radius 3 is 2.52 bits per heavy atom. The molecule has 2 unspecified atom stereocenters. The fraction of sp³-hybridized carbons (Fsp3) is 0.500.